The molecule has 1 aliphatic rings. The molecule has 20 heavy (non-hydrogen) atoms. The topological polar surface area (TPSA) is 55.1 Å². The zero-order valence-corrected chi connectivity index (χ0v) is 12.6. The van der Waals surface area contributed by atoms with Crippen LogP contribution in [0, 0.1) is 0 Å². The molecule has 0 bridgehead atoms. The van der Waals surface area contributed by atoms with E-state index in [1.807, 2.05) is 18.6 Å². The van der Waals surface area contributed by atoms with Crippen molar-refractivity contribution in [2.24, 2.45) is 0 Å². The lowest BCUT2D eigenvalue weighted by Gasteiger charge is -2.14. The van der Waals surface area contributed by atoms with Gasteiger partial charge in [-0.25, -0.2) is 9.97 Å². The van der Waals surface area contributed by atoms with Crippen LogP contribution in [0.2, 0.25) is 0 Å². The molecule has 2 aromatic rings. The van der Waals surface area contributed by atoms with E-state index in [2.05, 4.69) is 33.1 Å². The van der Waals surface area contributed by atoms with Crippen LogP contribution in [0.25, 0.3) is 0 Å². The standard InChI is InChI=1S/C14H18N4OS/c1-18(8-10-6-15-14(20-2)16-7-10)9-12-5-13(19-17-12)11-3-4-11/h5-7,11H,3-4,8-9H2,1-2H3. The molecule has 0 radical (unpaired) electrons. The second-order valence-corrected chi connectivity index (χ2v) is 6.02. The largest absolute Gasteiger partial charge is 0.361 e. The number of thioether (sulfide) groups is 1. The first-order valence-electron chi connectivity index (χ1n) is 6.73. The number of hydrogen-bond donors (Lipinski definition) is 0. The predicted molar refractivity (Wildman–Crippen MR) is 77.5 cm³/mol. The maximum absolute atomic E-state index is 5.37. The summed E-state index contributed by atoms with van der Waals surface area (Å²) in [7, 11) is 2.06. The van der Waals surface area contributed by atoms with E-state index in [0.29, 0.717) is 5.92 Å². The van der Waals surface area contributed by atoms with Crippen LogP contribution >= 0.6 is 11.8 Å². The second kappa shape index (κ2) is 5.93. The van der Waals surface area contributed by atoms with Crippen molar-refractivity contribution in [2.75, 3.05) is 13.3 Å². The molecule has 1 aliphatic carbocycles. The summed E-state index contributed by atoms with van der Waals surface area (Å²) in [6, 6.07) is 2.08. The Morgan fingerprint density at radius 3 is 2.70 bits per heavy atom. The van der Waals surface area contributed by atoms with Crippen LogP contribution in [-0.4, -0.2) is 33.3 Å². The van der Waals surface area contributed by atoms with Gasteiger partial charge >= 0.3 is 0 Å². The minimum atomic E-state index is 0.619. The van der Waals surface area contributed by atoms with Gasteiger partial charge in [-0.05, 0) is 26.1 Å². The van der Waals surface area contributed by atoms with E-state index in [4.69, 9.17) is 4.52 Å². The van der Waals surface area contributed by atoms with Crippen LogP contribution in [0.3, 0.4) is 0 Å². The molecule has 6 heteroatoms. The van der Waals surface area contributed by atoms with Crippen LogP contribution in [0.1, 0.15) is 35.8 Å². The summed E-state index contributed by atoms with van der Waals surface area (Å²) in [6.45, 7) is 1.58. The lowest BCUT2D eigenvalue weighted by molar-refractivity contribution is 0.300. The van der Waals surface area contributed by atoms with Gasteiger partial charge in [-0.3, -0.25) is 4.90 Å². The van der Waals surface area contributed by atoms with Crippen LogP contribution < -0.4 is 0 Å². The van der Waals surface area contributed by atoms with Gasteiger partial charge in [-0.1, -0.05) is 16.9 Å². The third-order valence-corrected chi connectivity index (χ3v) is 3.88. The highest BCUT2D eigenvalue weighted by Crippen LogP contribution is 2.40. The fraction of sp³-hybridized carbons (Fsp3) is 0.500. The zero-order chi connectivity index (χ0) is 13.9. The van der Waals surface area contributed by atoms with E-state index in [1.165, 1.54) is 12.8 Å². The van der Waals surface area contributed by atoms with Crippen molar-refractivity contribution in [3.63, 3.8) is 0 Å². The molecule has 1 saturated carbocycles. The molecule has 0 unspecified atom stereocenters. The summed E-state index contributed by atoms with van der Waals surface area (Å²) in [5.74, 6) is 1.66. The van der Waals surface area contributed by atoms with Crippen molar-refractivity contribution in [3.8, 4) is 0 Å². The normalized spacial score (nSPS) is 14.9. The summed E-state index contributed by atoms with van der Waals surface area (Å²) in [5, 5.41) is 4.94. The Kier molecular flexibility index (Phi) is 4.03. The first kappa shape index (κ1) is 13.6. The maximum atomic E-state index is 5.37. The monoisotopic (exact) mass is 290 g/mol. The molecule has 0 aliphatic heterocycles. The Morgan fingerprint density at radius 1 is 1.30 bits per heavy atom. The quantitative estimate of drug-likeness (QED) is 0.602. The average molecular weight is 290 g/mol. The minimum absolute atomic E-state index is 0.619. The van der Waals surface area contributed by atoms with Crippen LogP contribution in [0.15, 0.2) is 28.1 Å². The third-order valence-electron chi connectivity index (χ3n) is 3.31. The van der Waals surface area contributed by atoms with Crippen molar-refractivity contribution in [1.82, 2.24) is 20.0 Å². The fourth-order valence-electron chi connectivity index (χ4n) is 2.14. The summed E-state index contributed by atoms with van der Waals surface area (Å²) in [6.07, 6.45) is 8.22. The molecule has 0 amide bonds. The number of nitrogens with zero attached hydrogens (tertiary/aromatic N) is 4. The molecule has 106 valence electrons. The van der Waals surface area contributed by atoms with E-state index in [-0.39, 0.29) is 0 Å². The van der Waals surface area contributed by atoms with Crippen molar-refractivity contribution in [2.45, 2.75) is 37.0 Å². The molecule has 0 spiro atoms. The number of aromatic nitrogens is 3. The molecule has 0 aromatic carbocycles. The molecule has 5 nitrogen and oxygen atoms in total. The lowest BCUT2D eigenvalue weighted by Crippen LogP contribution is -2.17. The van der Waals surface area contributed by atoms with Crippen LogP contribution in [-0.2, 0) is 13.1 Å². The Hall–Kier alpha value is -1.40. The Bertz CT molecular complexity index is 565. The molecule has 0 atom stereocenters. The lowest BCUT2D eigenvalue weighted by atomic mass is 10.2. The molecule has 3 rings (SSSR count). The Labute approximate surface area is 122 Å². The van der Waals surface area contributed by atoms with Crippen molar-refractivity contribution >= 4 is 11.8 Å². The summed E-state index contributed by atoms with van der Waals surface area (Å²) >= 11 is 1.55. The van der Waals surface area contributed by atoms with Crippen molar-refractivity contribution < 1.29 is 4.52 Å². The van der Waals surface area contributed by atoms with Gasteiger partial charge in [-0.15, -0.1) is 0 Å². The van der Waals surface area contributed by atoms with Gasteiger partial charge in [0.05, 0.1) is 5.69 Å². The van der Waals surface area contributed by atoms with E-state index in [9.17, 15) is 0 Å². The van der Waals surface area contributed by atoms with Gasteiger partial charge in [0.1, 0.15) is 5.76 Å². The van der Waals surface area contributed by atoms with E-state index < -0.39 is 0 Å². The van der Waals surface area contributed by atoms with Crippen LogP contribution in [0.5, 0.6) is 0 Å². The number of rotatable bonds is 6. The SMILES string of the molecule is CSc1ncc(CN(C)Cc2cc(C3CC3)on2)cn1. The summed E-state index contributed by atoms with van der Waals surface area (Å²) in [5.41, 5.74) is 2.10. The predicted octanol–water partition coefficient (Wildman–Crippen LogP) is 2.70. The molecule has 0 N–H and O–H groups in total. The second-order valence-electron chi connectivity index (χ2n) is 5.25. The molecule has 0 saturated heterocycles. The third kappa shape index (κ3) is 3.37. The van der Waals surface area contributed by atoms with Crippen LogP contribution in [0.4, 0.5) is 0 Å². The van der Waals surface area contributed by atoms with Gasteiger partial charge in [0, 0.05) is 43.0 Å². The Balaban J connectivity index is 1.56. The zero-order valence-electron chi connectivity index (χ0n) is 11.7. The molecular formula is C14H18N4OS. The van der Waals surface area contributed by atoms with Gasteiger partial charge < -0.3 is 4.52 Å². The Morgan fingerprint density at radius 2 is 2.05 bits per heavy atom. The molecule has 2 aromatic heterocycles. The van der Waals surface area contributed by atoms with E-state index in [1.54, 1.807) is 11.8 Å². The fourth-order valence-corrected chi connectivity index (χ4v) is 2.45. The first-order chi connectivity index (χ1) is 9.74. The van der Waals surface area contributed by atoms with E-state index >= 15 is 0 Å². The summed E-state index contributed by atoms with van der Waals surface area (Å²) in [4.78, 5) is 10.8. The van der Waals surface area contributed by atoms with Crippen molar-refractivity contribution in [3.05, 3.63) is 35.5 Å². The highest BCUT2D eigenvalue weighted by atomic mass is 32.2. The van der Waals surface area contributed by atoms with Crippen molar-refractivity contribution in [1.29, 1.82) is 0 Å². The van der Waals surface area contributed by atoms with Gasteiger partial charge in [0.25, 0.3) is 0 Å². The minimum Gasteiger partial charge on any atom is -0.361 e. The molecule has 1 fully saturated rings. The van der Waals surface area contributed by atoms with Gasteiger partial charge in [0.15, 0.2) is 5.16 Å². The first-order valence-corrected chi connectivity index (χ1v) is 7.96. The smallest absolute Gasteiger partial charge is 0.187 e. The van der Waals surface area contributed by atoms with Gasteiger partial charge in [0.2, 0.25) is 0 Å². The highest BCUT2D eigenvalue weighted by Gasteiger charge is 2.27. The number of hydrogen-bond acceptors (Lipinski definition) is 6. The maximum Gasteiger partial charge on any atom is 0.187 e. The average Bonchev–Trinajstić information content (AvgIpc) is 3.20. The van der Waals surface area contributed by atoms with Gasteiger partial charge in [-0.2, -0.15) is 0 Å². The summed E-state index contributed by atoms with van der Waals surface area (Å²) < 4.78 is 5.37. The molecular weight excluding hydrogens is 272 g/mol. The highest BCUT2D eigenvalue weighted by molar-refractivity contribution is 7.98. The molecule has 2 heterocycles. The van der Waals surface area contributed by atoms with E-state index in [0.717, 1.165) is 35.3 Å².